The number of aliphatic hydroxyl groups excluding tert-OH is 1. The van der Waals surface area contributed by atoms with Crippen LogP contribution in [-0.4, -0.2) is 161 Å². The Morgan fingerprint density at radius 2 is 1.01 bits per heavy atom. The Hall–Kier alpha value is -5.89. The number of nitro benzene ring substituents is 2. The predicted octanol–water partition coefficient (Wildman–Crippen LogP) is 10.5. The predicted molar refractivity (Wildman–Crippen MR) is 300 cm³/mol. The van der Waals surface area contributed by atoms with E-state index in [1.807, 2.05) is 46.2 Å². The maximum atomic E-state index is 13.3. The van der Waals surface area contributed by atoms with Crippen molar-refractivity contribution in [3.8, 4) is 11.5 Å². The van der Waals surface area contributed by atoms with E-state index >= 15 is 0 Å². The van der Waals surface area contributed by atoms with E-state index in [0.29, 0.717) is 69.5 Å². The summed E-state index contributed by atoms with van der Waals surface area (Å²) in [6.07, 6.45) is -2.98. The molecule has 6 aliphatic rings. The number of carbonyl (C=O) groups excluding carboxylic acids is 2. The molecule has 0 aromatic heterocycles. The Morgan fingerprint density at radius 1 is 0.602 bits per heavy atom. The SMILES string of the molecule is O=C(CCl)N1CCN(CC2Cc3cc(Cl)ccc3O2)CC1.O=C(COC1CCC(Nc2ccc([N+](=O)[O-])c(C(F)(F)F)c2)CC1)N1CCN(CC2Cc3cc(Cl)ccc3O2)CC1.O=[N+]([O-])c1ccc(NC2CCC(O)CC2)cc1C(F)(F)F. The van der Waals surface area contributed by atoms with Crippen molar-refractivity contribution in [2.45, 2.75) is 113 Å². The van der Waals surface area contributed by atoms with E-state index in [0.717, 1.165) is 112 Å². The Labute approximate surface area is 490 Å². The highest BCUT2D eigenvalue weighted by molar-refractivity contribution is 6.31. The third-order valence-corrected chi connectivity index (χ3v) is 16.3. The lowest BCUT2D eigenvalue weighted by molar-refractivity contribution is -0.388. The second-order valence-electron chi connectivity index (χ2n) is 21.4. The van der Waals surface area contributed by atoms with Crippen LogP contribution >= 0.6 is 34.8 Å². The molecule has 2 amide bonds. The molecule has 83 heavy (non-hydrogen) atoms. The van der Waals surface area contributed by atoms with Crippen LogP contribution in [0.5, 0.6) is 11.5 Å². The fourth-order valence-corrected chi connectivity index (χ4v) is 11.7. The number of amides is 2. The Morgan fingerprint density at radius 3 is 1.41 bits per heavy atom. The van der Waals surface area contributed by atoms with Crippen molar-refractivity contribution in [2.75, 3.05) is 88.6 Å². The second-order valence-corrected chi connectivity index (χ2v) is 22.6. The molecule has 4 heterocycles. The van der Waals surface area contributed by atoms with Crippen LogP contribution < -0.4 is 20.1 Å². The zero-order valence-electron chi connectivity index (χ0n) is 45.2. The normalized spacial score (nSPS) is 22.8. The first-order valence-electron chi connectivity index (χ1n) is 27.5. The molecular weight excluding hydrogens is 1170 g/mol. The largest absolute Gasteiger partial charge is 0.488 e. The Balaban J connectivity index is 0.000000180. The topological polar surface area (TPSA) is 205 Å². The molecule has 27 heteroatoms. The number of rotatable bonds is 14. The quantitative estimate of drug-likeness (QED) is 0.0465. The van der Waals surface area contributed by atoms with Crippen molar-refractivity contribution >= 4 is 69.4 Å². The molecule has 0 bridgehead atoms. The first kappa shape index (κ1) is 63.1. The molecule has 2 aliphatic carbocycles. The van der Waals surface area contributed by atoms with Gasteiger partial charge in [-0.3, -0.25) is 39.6 Å². The average Bonchev–Trinajstić information content (AvgIpc) is 4.20. The lowest BCUT2D eigenvalue weighted by atomic mass is 9.92. The van der Waals surface area contributed by atoms with Gasteiger partial charge in [0.2, 0.25) is 11.8 Å². The van der Waals surface area contributed by atoms with E-state index in [1.165, 1.54) is 17.7 Å². The van der Waals surface area contributed by atoms with Gasteiger partial charge in [0.1, 0.15) is 47.3 Å². The van der Waals surface area contributed by atoms with Crippen LogP contribution in [0.4, 0.5) is 49.1 Å². The fourth-order valence-electron chi connectivity index (χ4n) is 11.2. The van der Waals surface area contributed by atoms with Crippen LogP contribution in [0, 0.1) is 20.2 Å². The van der Waals surface area contributed by atoms with E-state index in [-0.39, 0.29) is 72.2 Å². The van der Waals surface area contributed by atoms with E-state index in [2.05, 4.69) is 20.4 Å². The van der Waals surface area contributed by atoms with Gasteiger partial charge in [-0.2, -0.15) is 26.3 Å². The minimum absolute atomic E-state index is 0.00185. The second kappa shape index (κ2) is 28.3. The molecule has 2 saturated carbocycles. The van der Waals surface area contributed by atoms with Gasteiger partial charge in [-0.1, -0.05) is 23.2 Å². The maximum absolute atomic E-state index is 13.3. The third kappa shape index (κ3) is 17.8. The van der Waals surface area contributed by atoms with E-state index in [4.69, 9.17) is 49.0 Å². The summed E-state index contributed by atoms with van der Waals surface area (Å²) < 4.78 is 96.3. The molecule has 2 saturated heterocycles. The van der Waals surface area contributed by atoms with Gasteiger partial charge in [-0.05, 0) is 123 Å². The molecule has 4 aliphatic heterocycles. The molecule has 2 atom stereocenters. The lowest BCUT2D eigenvalue weighted by Crippen LogP contribution is -2.51. The van der Waals surface area contributed by atoms with E-state index < -0.39 is 44.7 Å². The summed E-state index contributed by atoms with van der Waals surface area (Å²) >= 11 is 17.7. The van der Waals surface area contributed by atoms with E-state index in [1.54, 1.807) is 0 Å². The molecule has 3 N–H and O–H groups in total. The van der Waals surface area contributed by atoms with Gasteiger partial charge in [0, 0.05) is 124 Å². The van der Waals surface area contributed by atoms with Gasteiger partial charge >= 0.3 is 12.4 Å². The van der Waals surface area contributed by atoms with Crippen molar-refractivity contribution in [2.24, 2.45) is 0 Å². The number of hydrogen-bond donors (Lipinski definition) is 3. The molecule has 2 unspecified atom stereocenters. The summed E-state index contributed by atoms with van der Waals surface area (Å²) in [5.74, 6) is 1.88. The van der Waals surface area contributed by atoms with Gasteiger partial charge in [0.25, 0.3) is 11.4 Å². The van der Waals surface area contributed by atoms with Crippen molar-refractivity contribution < 1.29 is 65.1 Å². The number of halogens is 9. The first-order chi connectivity index (χ1) is 39.5. The highest BCUT2D eigenvalue weighted by atomic mass is 35.5. The molecule has 4 fully saturated rings. The number of hydrogen-bond acceptors (Lipinski definition) is 14. The van der Waals surface area contributed by atoms with Crippen LogP contribution in [0.2, 0.25) is 10.0 Å². The molecule has 10 rings (SSSR count). The molecule has 4 aromatic rings. The average molecular weight is 1230 g/mol. The highest BCUT2D eigenvalue weighted by Gasteiger charge is 2.40. The number of anilines is 2. The first-order valence-corrected chi connectivity index (χ1v) is 28.8. The number of aliphatic hydroxyl groups is 1. The molecule has 0 spiro atoms. The fraction of sp³-hybridized carbons (Fsp3) is 0.536. The number of alkyl halides is 7. The number of fused-ring (bicyclic) bond motifs is 2. The van der Waals surface area contributed by atoms with Gasteiger partial charge in [0.15, 0.2) is 0 Å². The maximum Gasteiger partial charge on any atom is 0.423 e. The number of nitro groups is 2. The molecule has 18 nitrogen and oxygen atoms in total. The molecule has 452 valence electrons. The van der Waals surface area contributed by atoms with Gasteiger partial charge in [-0.25, -0.2) is 0 Å². The minimum Gasteiger partial charge on any atom is -0.488 e. The van der Waals surface area contributed by atoms with Gasteiger partial charge in [0.05, 0.1) is 22.1 Å². The van der Waals surface area contributed by atoms with Crippen molar-refractivity contribution in [1.29, 1.82) is 0 Å². The molecule has 0 radical (unpaired) electrons. The van der Waals surface area contributed by atoms with Crippen molar-refractivity contribution in [3.63, 3.8) is 0 Å². The summed E-state index contributed by atoms with van der Waals surface area (Å²) in [6, 6.07) is 17.2. The summed E-state index contributed by atoms with van der Waals surface area (Å²) in [5, 5.41) is 38.5. The van der Waals surface area contributed by atoms with Crippen LogP contribution in [-0.2, 0) is 39.5 Å². The van der Waals surface area contributed by atoms with Crippen molar-refractivity contribution in [1.82, 2.24) is 19.6 Å². The number of benzene rings is 4. The minimum atomic E-state index is -4.82. The Bertz CT molecular complexity index is 2900. The van der Waals surface area contributed by atoms with Crippen molar-refractivity contribution in [3.05, 3.63) is 125 Å². The zero-order valence-corrected chi connectivity index (χ0v) is 47.4. The van der Waals surface area contributed by atoms with Crippen LogP contribution in [0.25, 0.3) is 0 Å². The number of nitrogens with one attached hydrogen (secondary N) is 2. The summed E-state index contributed by atoms with van der Waals surface area (Å²) in [6.45, 7) is 7.69. The number of nitrogens with zero attached hydrogens (tertiary/aromatic N) is 6. The summed E-state index contributed by atoms with van der Waals surface area (Å²) in [7, 11) is 0. The lowest BCUT2D eigenvalue weighted by Gasteiger charge is -2.36. The summed E-state index contributed by atoms with van der Waals surface area (Å²) in [4.78, 5) is 52.2. The standard InChI is InChI=1S/C28H32ClF3N4O5.C15H18Cl2N2O2.C13H15F3N2O3/c29-19-1-8-26-18(13-19)14-23(41-26)16-34-9-11-35(12-10-34)27(37)17-40-22-5-2-20(3-6-22)33-21-4-7-25(36(38)39)24(15-21)28(30,31)32;16-9-15(20)19-5-3-18(4-6-19)10-13-8-11-7-12(17)1-2-14(11)21-13;14-13(15,16)11-7-9(3-6-12(11)18(20)21)17-8-1-4-10(19)5-2-8/h1,4,7-8,13,15,20,22-23,33H,2-3,5-6,9-12,14,16-17H2;1-2,7,13H,3-6,8-10H2;3,6-8,10,17,19H,1-2,4-5H2. The van der Waals surface area contributed by atoms with E-state index in [9.17, 15) is 61.3 Å². The number of piperazine rings is 2. The number of ether oxygens (including phenoxy) is 3. The van der Waals surface area contributed by atoms with Gasteiger partial charge in [-0.15, -0.1) is 11.6 Å². The summed E-state index contributed by atoms with van der Waals surface area (Å²) in [5.41, 5.74) is -1.74. The van der Waals surface area contributed by atoms with Crippen LogP contribution in [0.1, 0.15) is 73.6 Å². The highest BCUT2D eigenvalue weighted by Crippen LogP contribution is 2.40. The van der Waals surface area contributed by atoms with Gasteiger partial charge < -0.3 is 39.8 Å². The van der Waals surface area contributed by atoms with Crippen LogP contribution in [0.3, 0.4) is 0 Å². The monoisotopic (exact) mass is 1230 g/mol. The number of carbonyl (C=O) groups is 2. The van der Waals surface area contributed by atoms with Crippen LogP contribution in [0.15, 0.2) is 72.8 Å². The molecule has 4 aromatic carbocycles. The zero-order chi connectivity index (χ0) is 59.6. The Kier molecular flexibility index (Phi) is 21.6. The third-order valence-electron chi connectivity index (χ3n) is 15.6. The molecular formula is C56H65Cl3F6N8O10. The smallest absolute Gasteiger partial charge is 0.423 e.